The average Bonchev–Trinajstić information content (AvgIpc) is 2.78. The zero-order valence-electron chi connectivity index (χ0n) is 11.9. The van der Waals surface area contributed by atoms with Crippen LogP contribution in [0, 0.1) is 0 Å². The minimum absolute atomic E-state index is 0.0554. The second-order valence-corrected chi connectivity index (χ2v) is 7.87. The van der Waals surface area contributed by atoms with E-state index in [9.17, 15) is 8.42 Å². The fraction of sp³-hybridized carbons (Fsp3) is 0.600. The van der Waals surface area contributed by atoms with Gasteiger partial charge >= 0.3 is 0 Å². The highest BCUT2D eigenvalue weighted by atomic mass is 32.2. The number of benzene rings is 1. The van der Waals surface area contributed by atoms with Crippen molar-refractivity contribution in [3.05, 3.63) is 35.4 Å². The summed E-state index contributed by atoms with van der Waals surface area (Å²) < 4.78 is 25.4. The van der Waals surface area contributed by atoms with Gasteiger partial charge in [-0.05, 0) is 37.4 Å². The highest BCUT2D eigenvalue weighted by molar-refractivity contribution is 7.92. The lowest BCUT2D eigenvalue weighted by Gasteiger charge is -2.24. The maximum Gasteiger partial charge on any atom is 0.157 e. The minimum Gasteiger partial charge on any atom is -0.309 e. The molecule has 0 saturated heterocycles. The van der Waals surface area contributed by atoms with Crippen LogP contribution in [0.5, 0.6) is 0 Å². The van der Waals surface area contributed by atoms with E-state index in [1.165, 1.54) is 5.56 Å². The predicted molar refractivity (Wildman–Crippen MR) is 79.0 cm³/mol. The smallest absolute Gasteiger partial charge is 0.157 e. The summed E-state index contributed by atoms with van der Waals surface area (Å²) in [5, 5.41) is 2.77. The van der Waals surface area contributed by atoms with Gasteiger partial charge in [-0.1, -0.05) is 38.1 Å². The Labute approximate surface area is 116 Å². The average molecular weight is 281 g/mol. The zero-order chi connectivity index (χ0) is 14.0. The summed E-state index contributed by atoms with van der Waals surface area (Å²) in [4.78, 5) is 0. The number of sulfone groups is 1. The Morgan fingerprint density at radius 3 is 2.63 bits per heavy atom. The molecule has 1 aromatic carbocycles. The molecule has 1 aliphatic carbocycles. The summed E-state index contributed by atoms with van der Waals surface area (Å²) in [6, 6.07) is 8.02. The molecular weight excluding hydrogens is 258 g/mol. The number of hydrogen-bond acceptors (Lipinski definition) is 3. The molecule has 0 radical (unpaired) electrons. The van der Waals surface area contributed by atoms with Gasteiger partial charge in [0.25, 0.3) is 0 Å². The van der Waals surface area contributed by atoms with E-state index in [0.29, 0.717) is 12.8 Å². The highest BCUT2D eigenvalue weighted by Gasteiger charge is 2.42. The summed E-state index contributed by atoms with van der Waals surface area (Å²) >= 11 is 0. The van der Waals surface area contributed by atoms with Crippen molar-refractivity contribution in [1.82, 2.24) is 5.32 Å². The maximum atomic E-state index is 12.7. The largest absolute Gasteiger partial charge is 0.309 e. The van der Waals surface area contributed by atoms with E-state index >= 15 is 0 Å². The van der Waals surface area contributed by atoms with Gasteiger partial charge in [0, 0.05) is 6.04 Å². The summed E-state index contributed by atoms with van der Waals surface area (Å²) in [7, 11) is -3.09. The van der Waals surface area contributed by atoms with Crippen LogP contribution in [0.25, 0.3) is 0 Å². The molecule has 1 aromatic rings. The molecule has 0 aliphatic heterocycles. The van der Waals surface area contributed by atoms with Crippen LogP contribution in [0.3, 0.4) is 0 Å². The molecule has 0 aromatic heterocycles. The standard InChI is InChI=1S/C15H23NO2S/c1-4-11(3)19(17,18)14-10-12-8-6-7-9-13(12)15(14)16-5-2/h6-9,11,14-16H,4-5,10H2,1-3H3. The molecule has 2 rings (SSSR count). The second kappa shape index (κ2) is 5.63. The third kappa shape index (κ3) is 2.56. The molecule has 4 heteroatoms. The highest BCUT2D eigenvalue weighted by Crippen LogP contribution is 2.37. The van der Waals surface area contributed by atoms with E-state index in [1.807, 2.05) is 39.0 Å². The fourth-order valence-corrected chi connectivity index (χ4v) is 4.95. The van der Waals surface area contributed by atoms with Crippen molar-refractivity contribution < 1.29 is 8.42 Å². The quantitative estimate of drug-likeness (QED) is 0.902. The molecular formula is C15H23NO2S. The Kier molecular flexibility index (Phi) is 4.31. The first-order chi connectivity index (χ1) is 9.02. The molecule has 3 atom stereocenters. The van der Waals surface area contributed by atoms with Gasteiger partial charge in [-0.25, -0.2) is 8.42 Å². The Morgan fingerprint density at radius 2 is 2.00 bits per heavy atom. The minimum atomic E-state index is -3.09. The second-order valence-electron chi connectivity index (χ2n) is 5.28. The van der Waals surface area contributed by atoms with Crippen molar-refractivity contribution in [1.29, 1.82) is 0 Å². The van der Waals surface area contributed by atoms with E-state index in [-0.39, 0.29) is 16.5 Å². The van der Waals surface area contributed by atoms with Gasteiger partial charge in [-0.15, -0.1) is 0 Å². The topological polar surface area (TPSA) is 46.2 Å². The molecule has 0 fully saturated rings. The zero-order valence-corrected chi connectivity index (χ0v) is 12.7. The van der Waals surface area contributed by atoms with E-state index in [2.05, 4.69) is 11.4 Å². The Bertz CT molecular complexity index is 539. The third-order valence-corrected chi connectivity index (χ3v) is 6.90. The van der Waals surface area contributed by atoms with E-state index < -0.39 is 9.84 Å². The van der Waals surface area contributed by atoms with Crippen LogP contribution < -0.4 is 5.32 Å². The summed E-state index contributed by atoms with van der Waals surface area (Å²) in [5.74, 6) is 0. The van der Waals surface area contributed by atoms with Crippen LogP contribution >= 0.6 is 0 Å². The van der Waals surface area contributed by atoms with Crippen LogP contribution in [0.4, 0.5) is 0 Å². The molecule has 0 amide bonds. The van der Waals surface area contributed by atoms with Crippen molar-refractivity contribution in [2.24, 2.45) is 0 Å². The van der Waals surface area contributed by atoms with Gasteiger partial charge in [0.1, 0.15) is 0 Å². The van der Waals surface area contributed by atoms with Crippen LogP contribution in [-0.2, 0) is 16.3 Å². The SMILES string of the molecule is CCNC1c2ccccc2CC1S(=O)(=O)C(C)CC. The number of nitrogens with one attached hydrogen (secondary N) is 1. The van der Waals surface area contributed by atoms with Crippen molar-refractivity contribution >= 4 is 9.84 Å². The first-order valence-corrected chi connectivity index (χ1v) is 8.67. The van der Waals surface area contributed by atoms with Crippen molar-refractivity contribution in [2.75, 3.05) is 6.54 Å². The van der Waals surface area contributed by atoms with Crippen molar-refractivity contribution in [3.63, 3.8) is 0 Å². The molecule has 19 heavy (non-hydrogen) atoms. The molecule has 0 heterocycles. The summed E-state index contributed by atoms with van der Waals surface area (Å²) in [6.45, 7) is 6.56. The third-order valence-electron chi connectivity index (χ3n) is 4.16. The number of rotatable bonds is 5. The van der Waals surface area contributed by atoms with Crippen molar-refractivity contribution in [3.8, 4) is 0 Å². The molecule has 106 valence electrons. The molecule has 3 nitrogen and oxygen atoms in total. The number of hydrogen-bond donors (Lipinski definition) is 1. The lowest BCUT2D eigenvalue weighted by atomic mass is 10.1. The van der Waals surface area contributed by atoms with E-state index in [1.54, 1.807) is 0 Å². The van der Waals surface area contributed by atoms with Gasteiger partial charge in [-0.2, -0.15) is 0 Å². The monoisotopic (exact) mass is 281 g/mol. The van der Waals surface area contributed by atoms with E-state index in [0.717, 1.165) is 12.1 Å². The van der Waals surface area contributed by atoms with Gasteiger partial charge in [-0.3, -0.25) is 0 Å². The Hall–Kier alpha value is -0.870. The molecule has 1 aliphatic rings. The predicted octanol–water partition coefficient (Wildman–Crippen LogP) is 2.48. The van der Waals surface area contributed by atoms with E-state index in [4.69, 9.17) is 0 Å². The van der Waals surface area contributed by atoms with Gasteiger partial charge < -0.3 is 5.32 Å². The van der Waals surface area contributed by atoms with Gasteiger partial charge in [0.15, 0.2) is 9.84 Å². The molecule has 3 unspecified atom stereocenters. The lowest BCUT2D eigenvalue weighted by molar-refractivity contribution is 0.509. The van der Waals surface area contributed by atoms with Crippen LogP contribution in [0.1, 0.15) is 44.4 Å². The maximum absolute atomic E-state index is 12.7. The first-order valence-electron chi connectivity index (χ1n) is 7.06. The Morgan fingerprint density at radius 1 is 1.32 bits per heavy atom. The van der Waals surface area contributed by atoms with Crippen LogP contribution in [-0.4, -0.2) is 25.5 Å². The summed E-state index contributed by atoms with van der Waals surface area (Å²) in [6.07, 6.45) is 1.31. The van der Waals surface area contributed by atoms with Crippen LogP contribution in [0.15, 0.2) is 24.3 Å². The summed E-state index contributed by atoms with van der Waals surface area (Å²) in [5.41, 5.74) is 2.33. The molecule has 0 bridgehead atoms. The molecule has 0 saturated carbocycles. The van der Waals surface area contributed by atoms with Gasteiger partial charge in [0.2, 0.25) is 0 Å². The van der Waals surface area contributed by atoms with Crippen LogP contribution in [0.2, 0.25) is 0 Å². The molecule has 1 N–H and O–H groups in total. The first kappa shape index (κ1) is 14.5. The normalized spacial score (nSPS) is 24.2. The van der Waals surface area contributed by atoms with Gasteiger partial charge in [0.05, 0.1) is 10.5 Å². The fourth-order valence-electron chi connectivity index (χ4n) is 2.86. The lowest BCUT2D eigenvalue weighted by Crippen LogP contribution is -2.38. The van der Waals surface area contributed by atoms with Crippen molar-refractivity contribution in [2.45, 2.75) is 50.2 Å². The molecule has 0 spiro atoms. The number of fused-ring (bicyclic) bond motifs is 1. The Balaban J connectivity index is 2.38.